The van der Waals surface area contributed by atoms with Crippen LogP contribution in [-0.2, 0) is 11.2 Å². The van der Waals surface area contributed by atoms with Gasteiger partial charge in [-0.2, -0.15) is 0 Å². The summed E-state index contributed by atoms with van der Waals surface area (Å²) in [6.07, 6.45) is 0.829. The van der Waals surface area contributed by atoms with Crippen molar-refractivity contribution >= 4 is 5.97 Å². The molecule has 0 bridgehead atoms. The Hall–Kier alpha value is -2.24. The van der Waals surface area contributed by atoms with Gasteiger partial charge in [0.2, 0.25) is 0 Å². The Kier molecular flexibility index (Phi) is 7.10. The number of aryl methyl sites for hydroxylation is 1. The normalized spacial score (nSPS) is 13.3. The molecule has 0 amide bonds. The summed E-state index contributed by atoms with van der Waals surface area (Å²) >= 11 is 0. The highest BCUT2D eigenvalue weighted by Gasteiger charge is 2.13. The third kappa shape index (κ3) is 5.66. The minimum Gasteiger partial charge on any atom is -0.465 e. The molecule has 4 nitrogen and oxygen atoms in total. The molecule has 134 valence electrons. The van der Waals surface area contributed by atoms with Gasteiger partial charge in [-0.1, -0.05) is 30.3 Å². The number of aliphatic hydroxyl groups is 1. The van der Waals surface area contributed by atoms with Gasteiger partial charge in [0.05, 0.1) is 18.8 Å². The molecule has 25 heavy (non-hydrogen) atoms. The summed E-state index contributed by atoms with van der Waals surface area (Å²) in [5, 5.41) is 13.3. The molecule has 2 aromatic rings. The largest absolute Gasteiger partial charge is 0.465 e. The van der Waals surface area contributed by atoms with Crippen LogP contribution in [0.3, 0.4) is 0 Å². The maximum atomic E-state index is 13.6. The molecular weight excluding hydrogens is 321 g/mol. The van der Waals surface area contributed by atoms with Gasteiger partial charge in [0.25, 0.3) is 0 Å². The standard InChI is InChI=1S/C20H24FNO3/c1-14(22-13-19(23)17-5-3-4-6-18(17)21)7-8-15-9-11-16(12-10-15)20(24)25-2/h3-6,9-12,14,19,22-23H,7-8,13H2,1-2H3/t14-,19+/m1/s1. The van der Waals surface area contributed by atoms with Crippen LogP contribution < -0.4 is 5.32 Å². The SMILES string of the molecule is COC(=O)c1ccc(CC[C@@H](C)NC[C@H](O)c2ccccc2F)cc1. The Labute approximate surface area is 147 Å². The predicted octanol–water partition coefficient (Wildman–Crippen LogP) is 3.26. The molecule has 2 aromatic carbocycles. The fourth-order valence-corrected chi connectivity index (χ4v) is 2.58. The van der Waals surface area contributed by atoms with E-state index in [0.29, 0.717) is 17.7 Å². The van der Waals surface area contributed by atoms with Crippen LogP contribution >= 0.6 is 0 Å². The number of carbonyl (C=O) groups is 1. The van der Waals surface area contributed by atoms with Crippen LogP contribution in [-0.4, -0.2) is 30.8 Å². The Bertz CT molecular complexity index is 688. The lowest BCUT2D eigenvalue weighted by Crippen LogP contribution is -2.31. The van der Waals surface area contributed by atoms with Crippen LogP contribution in [0.2, 0.25) is 0 Å². The highest BCUT2D eigenvalue weighted by atomic mass is 19.1. The number of benzene rings is 2. The Balaban J connectivity index is 1.78. The summed E-state index contributed by atoms with van der Waals surface area (Å²) in [6.45, 7) is 2.32. The average Bonchev–Trinajstić information content (AvgIpc) is 2.64. The molecule has 2 N–H and O–H groups in total. The van der Waals surface area contributed by atoms with Crippen LogP contribution in [0.5, 0.6) is 0 Å². The van der Waals surface area contributed by atoms with Crippen molar-refractivity contribution in [2.24, 2.45) is 0 Å². The van der Waals surface area contributed by atoms with Gasteiger partial charge in [-0.15, -0.1) is 0 Å². The molecule has 0 fully saturated rings. The summed E-state index contributed by atoms with van der Waals surface area (Å²) in [7, 11) is 1.36. The van der Waals surface area contributed by atoms with Crippen molar-refractivity contribution in [2.45, 2.75) is 31.9 Å². The molecule has 2 rings (SSSR count). The van der Waals surface area contributed by atoms with E-state index in [0.717, 1.165) is 18.4 Å². The number of methoxy groups -OCH3 is 1. The first-order valence-corrected chi connectivity index (χ1v) is 8.34. The summed E-state index contributed by atoms with van der Waals surface area (Å²) in [5.74, 6) is -0.737. The van der Waals surface area contributed by atoms with Gasteiger partial charge in [-0.25, -0.2) is 9.18 Å². The lowest BCUT2D eigenvalue weighted by Gasteiger charge is -2.18. The van der Waals surface area contributed by atoms with E-state index in [1.54, 1.807) is 30.3 Å². The molecular formula is C20H24FNO3. The van der Waals surface area contributed by atoms with Crippen LogP contribution in [0.25, 0.3) is 0 Å². The lowest BCUT2D eigenvalue weighted by atomic mass is 10.0. The number of aliphatic hydroxyl groups excluding tert-OH is 1. The molecule has 0 spiro atoms. The van der Waals surface area contributed by atoms with Gasteiger partial charge >= 0.3 is 5.97 Å². The molecule has 0 saturated heterocycles. The number of halogens is 1. The van der Waals surface area contributed by atoms with Crippen LogP contribution in [0.1, 0.15) is 40.9 Å². The maximum Gasteiger partial charge on any atom is 0.337 e. The van der Waals surface area contributed by atoms with E-state index in [-0.39, 0.29) is 12.0 Å². The molecule has 5 heteroatoms. The third-order valence-electron chi connectivity index (χ3n) is 4.16. The average molecular weight is 345 g/mol. The van der Waals surface area contributed by atoms with Crippen LogP contribution in [0.15, 0.2) is 48.5 Å². The minimum atomic E-state index is -0.872. The van der Waals surface area contributed by atoms with Crippen molar-refractivity contribution in [1.82, 2.24) is 5.32 Å². The van der Waals surface area contributed by atoms with Gasteiger partial charge in [0, 0.05) is 18.2 Å². The minimum absolute atomic E-state index is 0.168. The molecule has 0 aromatic heterocycles. The van der Waals surface area contributed by atoms with Crippen molar-refractivity contribution in [1.29, 1.82) is 0 Å². The summed E-state index contributed by atoms with van der Waals surface area (Å²) in [4.78, 5) is 11.4. The molecule has 0 aliphatic heterocycles. The third-order valence-corrected chi connectivity index (χ3v) is 4.16. The van der Waals surface area contributed by atoms with Gasteiger partial charge in [-0.05, 0) is 43.5 Å². The molecule has 2 atom stereocenters. The number of esters is 1. The summed E-state index contributed by atoms with van der Waals surface area (Å²) in [5.41, 5.74) is 1.96. The zero-order chi connectivity index (χ0) is 18.2. The van der Waals surface area contributed by atoms with Gasteiger partial charge in [0.15, 0.2) is 0 Å². The zero-order valence-electron chi connectivity index (χ0n) is 14.5. The second-order valence-corrected chi connectivity index (χ2v) is 6.07. The van der Waals surface area contributed by atoms with E-state index in [1.165, 1.54) is 13.2 Å². The lowest BCUT2D eigenvalue weighted by molar-refractivity contribution is 0.0600. The molecule has 0 radical (unpaired) electrons. The fourth-order valence-electron chi connectivity index (χ4n) is 2.58. The first kappa shape index (κ1) is 19.1. The van der Waals surface area contributed by atoms with Gasteiger partial charge in [-0.3, -0.25) is 0 Å². The smallest absolute Gasteiger partial charge is 0.337 e. The number of nitrogens with one attached hydrogen (secondary N) is 1. The molecule has 0 aliphatic rings. The van der Waals surface area contributed by atoms with E-state index in [9.17, 15) is 14.3 Å². The summed E-state index contributed by atoms with van der Waals surface area (Å²) in [6, 6.07) is 13.7. The van der Waals surface area contributed by atoms with E-state index < -0.39 is 11.9 Å². The number of ether oxygens (including phenoxy) is 1. The van der Waals surface area contributed by atoms with Crippen LogP contribution in [0.4, 0.5) is 4.39 Å². The highest BCUT2D eigenvalue weighted by molar-refractivity contribution is 5.89. The Morgan fingerprint density at radius 2 is 1.88 bits per heavy atom. The number of hydrogen-bond acceptors (Lipinski definition) is 4. The van der Waals surface area contributed by atoms with Gasteiger partial charge in [0.1, 0.15) is 5.82 Å². The Morgan fingerprint density at radius 3 is 2.52 bits per heavy atom. The predicted molar refractivity (Wildman–Crippen MR) is 94.9 cm³/mol. The van der Waals surface area contributed by atoms with E-state index >= 15 is 0 Å². The second kappa shape index (κ2) is 9.30. The van der Waals surface area contributed by atoms with E-state index in [4.69, 9.17) is 0 Å². The number of rotatable bonds is 8. The molecule has 0 heterocycles. The number of carbonyl (C=O) groups excluding carboxylic acids is 1. The highest BCUT2D eigenvalue weighted by Crippen LogP contribution is 2.16. The topological polar surface area (TPSA) is 58.6 Å². The summed E-state index contributed by atoms with van der Waals surface area (Å²) < 4.78 is 18.3. The maximum absolute atomic E-state index is 13.6. The molecule has 0 saturated carbocycles. The van der Waals surface area contributed by atoms with Crippen molar-refractivity contribution < 1.29 is 19.0 Å². The van der Waals surface area contributed by atoms with Crippen molar-refractivity contribution in [2.75, 3.05) is 13.7 Å². The monoisotopic (exact) mass is 345 g/mol. The van der Waals surface area contributed by atoms with Crippen LogP contribution in [0, 0.1) is 5.82 Å². The van der Waals surface area contributed by atoms with E-state index in [1.807, 2.05) is 19.1 Å². The van der Waals surface area contributed by atoms with Crippen molar-refractivity contribution in [3.63, 3.8) is 0 Å². The van der Waals surface area contributed by atoms with E-state index in [2.05, 4.69) is 10.1 Å². The first-order valence-electron chi connectivity index (χ1n) is 8.34. The quantitative estimate of drug-likeness (QED) is 0.721. The van der Waals surface area contributed by atoms with Crippen molar-refractivity contribution in [3.8, 4) is 0 Å². The first-order chi connectivity index (χ1) is 12.0. The molecule has 0 unspecified atom stereocenters. The van der Waals surface area contributed by atoms with Crippen molar-refractivity contribution in [3.05, 3.63) is 71.0 Å². The number of hydrogen-bond donors (Lipinski definition) is 2. The zero-order valence-corrected chi connectivity index (χ0v) is 14.5. The van der Waals surface area contributed by atoms with Gasteiger partial charge < -0.3 is 15.2 Å². The molecule has 0 aliphatic carbocycles. The Morgan fingerprint density at radius 1 is 1.20 bits per heavy atom. The fraction of sp³-hybridized carbons (Fsp3) is 0.350. The second-order valence-electron chi connectivity index (χ2n) is 6.07.